The van der Waals surface area contributed by atoms with Gasteiger partial charge in [-0.05, 0) is 54.4 Å². The van der Waals surface area contributed by atoms with Crippen molar-refractivity contribution < 1.29 is 13.6 Å². The number of ether oxygens (including phenoxy) is 1. The summed E-state index contributed by atoms with van der Waals surface area (Å²) in [4.78, 5) is 0. The van der Waals surface area contributed by atoms with Gasteiger partial charge in [0, 0.05) is 0 Å². The number of hydrogen-bond donors (Lipinski definition) is 0. The van der Waals surface area contributed by atoms with Gasteiger partial charge in [0.1, 0.15) is 18.0 Å². The van der Waals surface area contributed by atoms with Crippen molar-refractivity contribution in [3.63, 3.8) is 0 Å². The molecule has 1 aliphatic rings. The molecule has 1 aromatic carbocycles. The molecule has 0 fully saturated rings. The highest BCUT2D eigenvalue weighted by molar-refractivity contribution is 6.74. The molecule has 1 heterocycles. The van der Waals surface area contributed by atoms with Crippen LogP contribution in [-0.2, 0) is 9.16 Å². The lowest BCUT2D eigenvalue weighted by Crippen LogP contribution is -2.42. The average Bonchev–Trinajstić information content (AvgIpc) is 2.77. The predicted molar refractivity (Wildman–Crippen MR) is 90.9 cm³/mol. The van der Waals surface area contributed by atoms with E-state index in [0.29, 0.717) is 6.61 Å². The highest BCUT2D eigenvalue weighted by Crippen LogP contribution is 2.38. The van der Waals surface area contributed by atoms with Crippen molar-refractivity contribution in [3.8, 4) is 0 Å². The van der Waals surface area contributed by atoms with Crippen molar-refractivity contribution in [1.82, 2.24) is 0 Å². The van der Waals surface area contributed by atoms with E-state index in [-0.39, 0.29) is 23.1 Å². The first kappa shape index (κ1) is 17.4. The molecule has 1 aromatic rings. The maximum Gasteiger partial charge on any atom is 0.192 e. The first-order valence-corrected chi connectivity index (χ1v) is 10.7. The van der Waals surface area contributed by atoms with E-state index in [9.17, 15) is 4.39 Å². The van der Waals surface area contributed by atoms with Crippen LogP contribution in [0.15, 0.2) is 35.9 Å². The van der Waals surface area contributed by atoms with Crippen molar-refractivity contribution in [2.45, 2.75) is 58.0 Å². The normalized spacial score (nSPS) is 22.8. The molecule has 0 spiro atoms. The highest BCUT2D eigenvalue weighted by atomic mass is 28.4. The molecule has 2 rings (SSSR count). The third-order valence-corrected chi connectivity index (χ3v) is 9.33. The van der Waals surface area contributed by atoms with E-state index in [1.165, 1.54) is 17.7 Å². The molecule has 0 radical (unpaired) electrons. The Bertz CT molecular complexity index is 543. The van der Waals surface area contributed by atoms with Gasteiger partial charge in [-0.15, -0.1) is 0 Å². The lowest BCUT2D eigenvalue weighted by Gasteiger charge is -2.37. The van der Waals surface area contributed by atoms with Gasteiger partial charge in [-0.1, -0.05) is 32.9 Å². The van der Waals surface area contributed by atoms with Crippen LogP contribution in [0.2, 0.25) is 18.1 Å². The van der Waals surface area contributed by atoms with Gasteiger partial charge < -0.3 is 9.16 Å². The summed E-state index contributed by atoms with van der Waals surface area (Å²) in [5.74, 6) is -0.222. The van der Waals surface area contributed by atoms with E-state index in [1.807, 2.05) is 0 Å². The Morgan fingerprint density at radius 2 is 1.77 bits per heavy atom. The molecular formula is C18H27FO2Si. The second-order valence-electron chi connectivity index (χ2n) is 7.58. The summed E-state index contributed by atoms with van der Waals surface area (Å²) in [6.45, 7) is 13.9. The van der Waals surface area contributed by atoms with E-state index in [1.54, 1.807) is 12.1 Å². The molecule has 2 atom stereocenters. The van der Waals surface area contributed by atoms with Gasteiger partial charge in [0.15, 0.2) is 8.32 Å². The lowest BCUT2D eigenvalue weighted by atomic mass is 10.1. The Morgan fingerprint density at radius 1 is 1.18 bits per heavy atom. The van der Waals surface area contributed by atoms with Crippen LogP contribution in [0.5, 0.6) is 0 Å². The third kappa shape index (κ3) is 3.86. The molecule has 0 N–H and O–H groups in total. The van der Waals surface area contributed by atoms with Crippen molar-refractivity contribution in [1.29, 1.82) is 0 Å². The van der Waals surface area contributed by atoms with E-state index in [4.69, 9.17) is 9.16 Å². The first-order valence-electron chi connectivity index (χ1n) is 7.83. The van der Waals surface area contributed by atoms with Crippen LogP contribution in [0.3, 0.4) is 0 Å². The summed E-state index contributed by atoms with van der Waals surface area (Å²) in [7, 11) is -1.77. The van der Waals surface area contributed by atoms with Crippen molar-refractivity contribution in [2.75, 3.05) is 6.61 Å². The fourth-order valence-corrected chi connectivity index (χ4v) is 3.17. The Hall–Kier alpha value is -0.973. The zero-order valence-electron chi connectivity index (χ0n) is 14.4. The standard InChI is InChI=1S/C18H27FO2Si/c1-13-11-16(14-7-9-15(19)10-8-14)21-17(13)12-20-22(5,6)18(2,3)4/h7-11,16-17H,12H2,1-6H3/t16-,17-/m1/s1. The lowest BCUT2D eigenvalue weighted by molar-refractivity contribution is 0.0239. The smallest absolute Gasteiger partial charge is 0.192 e. The summed E-state index contributed by atoms with van der Waals surface area (Å²) in [6.07, 6.45) is 1.99. The third-order valence-electron chi connectivity index (χ3n) is 4.83. The van der Waals surface area contributed by atoms with Gasteiger partial charge in [0.2, 0.25) is 0 Å². The molecule has 122 valence electrons. The SMILES string of the molecule is CC1=C[C@H](c2ccc(F)cc2)O[C@@H]1CO[Si](C)(C)C(C)(C)C. The molecular weight excluding hydrogens is 295 g/mol. The molecule has 1 aliphatic heterocycles. The van der Waals surface area contributed by atoms with Gasteiger partial charge >= 0.3 is 0 Å². The summed E-state index contributed by atoms with van der Waals surface area (Å²) in [5, 5.41) is 0.194. The first-order chi connectivity index (χ1) is 10.1. The Morgan fingerprint density at radius 3 is 2.32 bits per heavy atom. The van der Waals surface area contributed by atoms with Crippen LogP contribution >= 0.6 is 0 Å². The molecule has 0 bridgehead atoms. The minimum absolute atomic E-state index is 0.0100. The number of halogens is 1. The Labute approximate surface area is 134 Å². The maximum atomic E-state index is 13.0. The van der Waals surface area contributed by atoms with Crippen LogP contribution < -0.4 is 0 Å². The molecule has 0 unspecified atom stereocenters. The predicted octanol–water partition coefficient (Wildman–Crippen LogP) is 5.23. The van der Waals surface area contributed by atoms with Gasteiger partial charge in [-0.25, -0.2) is 4.39 Å². The fourth-order valence-electron chi connectivity index (χ4n) is 2.17. The Kier molecular flexibility index (Phi) is 4.95. The summed E-state index contributed by atoms with van der Waals surface area (Å²) >= 11 is 0. The second kappa shape index (κ2) is 6.26. The zero-order valence-corrected chi connectivity index (χ0v) is 15.4. The van der Waals surface area contributed by atoms with Gasteiger partial charge in [-0.2, -0.15) is 0 Å². The molecule has 0 aromatic heterocycles. The summed E-state index contributed by atoms with van der Waals surface area (Å²) < 4.78 is 25.4. The molecule has 22 heavy (non-hydrogen) atoms. The van der Waals surface area contributed by atoms with Crippen molar-refractivity contribution in [3.05, 3.63) is 47.3 Å². The molecule has 0 saturated carbocycles. The molecule has 0 amide bonds. The van der Waals surface area contributed by atoms with E-state index < -0.39 is 8.32 Å². The largest absolute Gasteiger partial charge is 0.414 e. The van der Waals surface area contributed by atoms with Gasteiger partial charge in [0.05, 0.1) is 6.61 Å². The van der Waals surface area contributed by atoms with Gasteiger partial charge in [-0.3, -0.25) is 0 Å². The summed E-state index contributed by atoms with van der Waals surface area (Å²) in [6, 6.07) is 6.50. The van der Waals surface area contributed by atoms with E-state index in [0.717, 1.165) is 5.56 Å². The van der Waals surface area contributed by atoms with E-state index >= 15 is 0 Å². The minimum atomic E-state index is -1.77. The van der Waals surface area contributed by atoms with Crippen LogP contribution in [0.25, 0.3) is 0 Å². The monoisotopic (exact) mass is 322 g/mol. The second-order valence-corrected chi connectivity index (χ2v) is 12.4. The number of rotatable bonds is 4. The van der Waals surface area contributed by atoms with Crippen molar-refractivity contribution >= 4 is 8.32 Å². The topological polar surface area (TPSA) is 18.5 Å². The number of hydrogen-bond acceptors (Lipinski definition) is 2. The Balaban J connectivity index is 1.99. The van der Waals surface area contributed by atoms with Crippen molar-refractivity contribution in [2.24, 2.45) is 0 Å². The molecule has 4 heteroatoms. The van der Waals surface area contributed by atoms with Crippen LogP contribution in [-0.4, -0.2) is 21.0 Å². The van der Waals surface area contributed by atoms with E-state index in [2.05, 4.69) is 46.9 Å². The molecule has 0 saturated heterocycles. The number of benzene rings is 1. The fraction of sp³-hybridized carbons (Fsp3) is 0.556. The zero-order chi connectivity index (χ0) is 16.5. The average molecular weight is 322 g/mol. The minimum Gasteiger partial charge on any atom is -0.414 e. The van der Waals surface area contributed by atoms with Gasteiger partial charge in [0.25, 0.3) is 0 Å². The van der Waals surface area contributed by atoms with Crippen LogP contribution in [0.1, 0.15) is 39.4 Å². The molecule has 2 nitrogen and oxygen atoms in total. The quantitative estimate of drug-likeness (QED) is 0.558. The van der Waals surface area contributed by atoms with Crippen LogP contribution in [0, 0.1) is 5.82 Å². The maximum absolute atomic E-state index is 13.0. The highest BCUT2D eigenvalue weighted by Gasteiger charge is 2.38. The van der Waals surface area contributed by atoms with Crippen LogP contribution in [0.4, 0.5) is 4.39 Å². The molecule has 0 aliphatic carbocycles. The summed E-state index contributed by atoms with van der Waals surface area (Å²) in [5.41, 5.74) is 2.17.